The number of rotatable bonds is 4. The summed E-state index contributed by atoms with van der Waals surface area (Å²) >= 11 is 0. The van der Waals surface area contributed by atoms with Crippen LogP contribution in [0.15, 0.2) is 102 Å². The van der Waals surface area contributed by atoms with Gasteiger partial charge in [0.15, 0.2) is 0 Å². The van der Waals surface area contributed by atoms with Gasteiger partial charge in [-0.2, -0.15) is 5.10 Å². The third-order valence-corrected chi connectivity index (χ3v) is 4.41. The molecule has 1 heterocycles. The van der Waals surface area contributed by atoms with Crippen LogP contribution < -0.4 is 5.01 Å². The normalized spacial score (nSPS) is 17.0. The zero-order valence-electron chi connectivity index (χ0n) is 14.0. The van der Waals surface area contributed by atoms with Crippen molar-refractivity contribution in [2.24, 2.45) is 5.10 Å². The Kier molecular flexibility index (Phi) is 4.42. The molecule has 1 aliphatic rings. The lowest BCUT2D eigenvalue weighted by molar-refractivity contribution is 0.709. The van der Waals surface area contributed by atoms with E-state index in [4.69, 9.17) is 5.10 Å². The minimum atomic E-state index is 0.235. The molecule has 0 amide bonds. The number of anilines is 1. The molecule has 0 radical (unpaired) electrons. The van der Waals surface area contributed by atoms with Crippen LogP contribution in [0.3, 0.4) is 0 Å². The number of hydrogen-bond donors (Lipinski definition) is 0. The number of hydrogen-bond acceptors (Lipinski definition) is 2. The van der Waals surface area contributed by atoms with E-state index in [1.165, 1.54) is 11.1 Å². The Morgan fingerprint density at radius 2 is 1.32 bits per heavy atom. The van der Waals surface area contributed by atoms with Crippen molar-refractivity contribution in [3.05, 3.63) is 108 Å². The van der Waals surface area contributed by atoms with Gasteiger partial charge in [-0.3, -0.25) is 5.01 Å². The van der Waals surface area contributed by atoms with Crippen LogP contribution >= 0.6 is 0 Å². The molecule has 3 aromatic rings. The molecule has 2 nitrogen and oxygen atoms in total. The molecule has 0 N–H and O–H groups in total. The number of hydrazone groups is 1. The molecule has 0 aliphatic carbocycles. The Bertz CT molecular complexity index is 868. The van der Waals surface area contributed by atoms with Crippen molar-refractivity contribution in [1.82, 2.24) is 0 Å². The van der Waals surface area contributed by atoms with Gasteiger partial charge >= 0.3 is 0 Å². The highest BCUT2D eigenvalue weighted by atomic mass is 15.5. The van der Waals surface area contributed by atoms with Crippen LogP contribution in [0.5, 0.6) is 0 Å². The molecule has 4 rings (SSSR count). The molecule has 0 unspecified atom stereocenters. The first-order valence-electron chi connectivity index (χ1n) is 8.60. The first-order chi connectivity index (χ1) is 12.4. The van der Waals surface area contributed by atoms with Gasteiger partial charge in [0.1, 0.15) is 0 Å². The van der Waals surface area contributed by atoms with Gasteiger partial charge < -0.3 is 0 Å². The maximum atomic E-state index is 4.89. The highest BCUT2D eigenvalue weighted by Gasteiger charge is 2.27. The molecular formula is C23H20N2. The van der Waals surface area contributed by atoms with E-state index in [1.807, 2.05) is 12.1 Å². The van der Waals surface area contributed by atoms with E-state index in [1.54, 1.807) is 0 Å². The molecular weight excluding hydrogens is 304 g/mol. The topological polar surface area (TPSA) is 15.6 Å². The van der Waals surface area contributed by atoms with E-state index >= 15 is 0 Å². The summed E-state index contributed by atoms with van der Waals surface area (Å²) in [6, 6.07) is 31.6. The van der Waals surface area contributed by atoms with E-state index < -0.39 is 0 Å². The van der Waals surface area contributed by atoms with Gasteiger partial charge in [0.05, 0.1) is 17.4 Å². The van der Waals surface area contributed by atoms with Crippen LogP contribution in [-0.2, 0) is 0 Å². The summed E-state index contributed by atoms with van der Waals surface area (Å²) in [5.41, 5.74) is 4.71. The fourth-order valence-corrected chi connectivity index (χ4v) is 3.14. The fourth-order valence-electron chi connectivity index (χ4n) is 3.14. The summed E-state index contributed by atoms with van der Waals surface area (Å²) in [5, 5.41) is 7.03. The number of allylic oxidation sites excluding steroid dienone is 1. The van der Waals surface area contributed by atoms with Crippen LogP contribution in [0.25, 0.3) is 6.08 Å². The Morgan fingerprint density at radius 3 is 2.00 bits per heavy atom. The fraction of sp³-hybridized carbons (Fsp3) is 0.0870. The Balaban J connectivity index is 1.64. The number of para-hydroxylation sites is 1. The van der Waals surface area contributed by atoms with Crippen molar-refractivity contribution < 1.29 is 0 Å². The van der Waals surface area contributed by atoms with Gasteiger partial charge in [-0.1, -0.05) is 84.9 Å². The van der Waals surface area contributed by atoms with Crippen molar-refractivity contribution >= 4 is 17.5 Å². The summed E-state index contributed by atoms with van der Waals surface area (Å²) in [7, 11) is 0. The van der Waals surface area contributed by atoms with Crippen molar-refractivity contribution in [3.63, 3.8) is 0 Å². The number of benzene rings is 3. The molecule has 0 saturated heterocycles. The summed E-state index contributed by atoms with van der Waals surface area (Å²) in [4.78, 5) is 0. The zero-order chi connectivity index (χ0) is 16.9. The quantitative estimate of drug-likeness (QED) is 0.600. The Hall–Kier alpha value is -3.13. The summed E-state index contributed by atoms with van der Waals surface area (Å²) < 4.78 is 0. The summed E-state index contributed by atoms with van der Waals surface area (Å²) in [6.07, 6.45) is 5.17. The maximum absolute atomic E-state index is 4.89. The van der Waals surface area contributed by atoms with E-state index in [0.29, 0.717) is 0 Å². The SMILES string of the molecule is C(=C/c1ccccc1)/C1=NN(c2ccccc2)[C@H](c2ccccc2)C1. The average Bonchev–Trinajstić information content (AvgIpc) is 3.13. The van der Waals surface area contributed by atoms with Crippen LogP contribution in [0.1, 0.15) is 23.6 Å². The van der Waals surface area contributed by atoms with Gasteiger partial charge in [0.2, 0.25) is 0 Å². The third kappa shape index (κ3) is 3.53. The molecule has 0 bridgehead atoms. The lowest BCUT2D eigenvalue weighted by Crippen LogP contribution is -2.18. The predicted molar refractivity (Wildman–Crippen MR) is 106 cm³/mol. The average molecular weight is 324 g/mol. The Morgan fingerprint density at radius 1 is 0.720 bits per heavy atom. The second-order valence-electron chi connectivity index (χ2n) is 6.15. The smallest absolute Gasteiger partial charge is 0.0831 e. The second kappa shape index (κ2) is 7.18. The lowest BCUT2D eigenvalue weighted by atomic mass is 10.0. The molecule has 0 spiro atoms. The molecule has 25 heavy (non-hydrogen) atoms. The molecule has 0 aromatic heterocycles. The maximum Gasteiger partial charge on any atom is 0.0831 e. The predicted octanol–water partition coefficient (Wildman–Crippen LogP) is 5.71. The standard InChI is InChI=1S/C23H20N2/c1-4-10-19(11-5-1)16-17-21-18-23(20-12-6-2-7-13-20)25(24-21)22-14-8-3-9-15-22/h1-17,23H,18H2/b17-16-/t23-/m0/s1. The molecule has 122 valence electrons. The molecule has 1 atom stereocenters. The highest BCUT2D eigenvalue weighted by molar-refractivity contribution is 6.01. The van der Waals surface area contributed by atoms with E-state index in [2.05, 4.69) is 96.0 Å². The molecule has 0 fully saturated rings. The van der Waals surface area contributed by atoms with Gasteiger partial charge in [-0.25, -0.2) is 0 Å². The lowest BCUT2D eigenvalue weighted by Gasteiger charge is -2.23. The minimum absolute atomic E-state index is 0.235. The van der Waals surface area contributed by atoms with Crippen molar-refractivity contribution in [2.75, 3.05) is 5.01 Å². The summed E-state index contributed by atoms with van der Waals surface area (Å²) in [5.74, 6) is 0. The largest absolute Gasteiger partial charge is 0.257 e. The zero-order valence-corrected chi connectivity index (χ0v) is 14.0. The second-order valence-corrected chi connectivity index (χ2v) is 6.15. The van der Waals surface area contributed by atoms with E-state index in [9.17, 15) is 0 Å². The minimum Gasteiger partial charge on any atom is -0.257 e. The molecule has 3 aromatic carbocycles. The molecule has 1 aliphatic heterocycles. The van der Waals surface area contributed by atoms with Crippen molar-refractivity contribution in [3.8, 4) is 0 Å². The van der Waals surface area contributed by atoms with Gasteiger partial charge in [0, 0.05) is 6.42 Å². The van der Waals surface area contributed by atoms with Crippen LogP contribution in [0.2, 0.25) is 0 Å². The summed E-state index contributed by atoms with van der Waals surface area (Å²) in [6.45, 7) is 0. The van der Waals surface area contributed by atoms with E-state index in [-0.39, 0.29) is 6.04 Å². The molecule has 0 saturated carbocycles. The van der Waals surface area contributed by atoms with Gasteiger partial charge in [-0.05, 0) is 29.3 Å². The Labute approximate surface area is 148 Å². The van der Waals surface area contributed by atoms with Crippen LogP contribution in [0, 0.1) is 0 Å². The van der Waals surface area contributed by atoms with Crippen LogP contribution in [0.4, 0.5) is 5.69 Å². The number of nitrogens with zero attached hydrogens (tertiary/aromatic N) is 2. The highest BCUT2D eigenvalue weighted by Crippen LogP contribution is 2.35. The van der Waals surface area contributed by atoms with E-state index in [0.717, 1.165) is 17.8 Å². The monoisotopic (exact) mass is 324 g/mol. The van der Waals surface area contributed by atoms with Crippen LogP contribution in [-0.4, -0.2) is 5.71 Å². The first kappa shape index (κ1) is 15.4. The van der Waals surface area contributed by atoms with Crippen molar-refractivity contribution in [2.45, 2.75) is 12.5 Å². The third-order valence-electron chi connectivity index (χ3n) is 4.41. The molecule has 2 heteroatoms. The van der Waals surface area contributed by atoms with Crippen molar-refractivity contribution in [1.29, 1.82) is 0 Å². The van der Waals surface area contributed by atoms with Gasteiger partial charge in [-0.15, -0.1) is 0 Å². The van der Waals surface area contributed by atoms with Gasteiger partial charge in [0.25, 0.3) is 0 Å². The first-order valence-corrected chi connectivity index (χ1v) is 8.60.